The van der Waals surface area contributed by atoms with Crippen LogP contribution in [-0.4, -0.2) is 9.91 Å². The first kappa shape index (κ1) is 13.1. The van der Waals surface area contributed by atoms with Crippen molar-refractivity contribution in [3.05, 3.63) is 51.2 Å². The molecule has 2 rings (SSSR count). The number of rotatable bonds is 4. The predicted molar refractivity (Wildman–Crippen MR) is 71.1 cm³/mol. The Bertz CT molecular complexity index is 600. The van der Waals surface area contributed by atoms with Crippen LogP contribution < -0.4 is 5.32 Å². The summed E-state index contributed by atoms with van der Waals surface area (Å²) in [4.78, 5) is 14.7. The van der Waals surface area contributed by atoms with Crippen molar-refractivity contribution in [1.82, 2.24) is 4.98 Å². The van der Waals surface area contributed by atoms with Gasteiger partial charge in [-0.1, -0.05) is 6.07 Å². The monoisotopic (exact) mass is 261 g/mol. The van der Waals surface area contributed by atoms with Crippen LogP contribution in [0.5, 0.6) is 0 Å². The Hall–Kier alpha value is -2.37. The summed E-state index contributed by atoms with van der Waals surface area (Å²) in [6.45, 7) is 5.83. The Kier molecular flexibility index (Phi) is 3.50. The molecule has 0 aliphatic heterocycles. The highest BCUT2D eigenvalue weighted by molar-refractivity contribution is 5.54. The first-order valence-corrected chi connectivity index (χ1v) is 5.89. The van der Waals surface area contributed by atoms with Crippen molar-refractivity contribution in [2.45, 2.75) is 27.3 Å². The number of aromatic nitrogens is 1. The van der Waals surface area contributed by atoms with Crippen LogP contribution in [0.1, 0.15) is 22.9 Å². The zero-order valence-electron chi connectivity index (χ0n) is 11.1. The maximum Gasteiger partial charge on any atom is 0.274 e. The molecule has 0 amide bonds. The number of nitrogens with zero attached hydrogens (tertiary/aromatic N) is 2. The van der Waals surface area contributed by atoms with Crippen LogP contribution >= 0.6 is 0 Å². The number of hydrogen-bond donors (Lipinski definition) is 1. The van der Waals surface area contributed by atoms with Crippen molar-refractivity contribution in [3.63, 3.8) is 0 Å². The summed E-state index contributed by atoms with van der Waals surface area (Å²) in [5.74, 6) is 1.35. The Morgan fingerprint density at radius 2 is 2.11 bits per heavy atom. The molecule has 100 valence electrons. The van der Waals surface area contributed by atoms with Crippen LogP contribution in [0.4, 0.5) is 11.4 Å². The van der Waals surface area contributed by atoms with Crippen molar-refractivity contribution in [2.75, 3.05) is 5.32 Å². The van der Waals surface area contributed by atoms with Gasteiger partial charge >= 0.3 is 0 Å². The number of nitro groups is 1. The molecular formula is C13H15N3O3. The SMILES string of the molecule is Cc1ccc(NCc2nc(C)c(C)o2)cc1[N+](=O)[O-]. The van der Waals surface area contributed by atoms with Crippen LogP contribution in [0.15, 0.2) is 22.6 Å². The quantitative estimate of drug-likeness (QED) is 0.675. The maximum absolute atomic E-state index is 10.8. The van der Waals surface area contributed by atoms with E-state index in [0.717, 1.165) is 11.5 Å². The van der Waals surface area contributed by atoms with Gasteiger partial charge in [0.2, 0.25) is 5.89 Å². The van der Waals surface area contributed by atoms with Crippen LogP contribution in [0, 0.1) is 30.9 Å². The Balaban J connectivity index is 2.11. The van der Waals surface area contributed by atoms with E-state index < -0.39 is 0 Å². The molecule has 0 radical (unpaired) electrons. The van der Waals surface area contributed by atoms with E-state index in [-0.39, 0.29) is 10.6 Å². The zero-order chi connectivity index (χ0) is 14.0. The van der Waals surface area contributed by atoms with Gasteiger partial charge in [0.15, 0.2) is 0 Å². The minimum absolute atomic E-state index is 0.102. The van der Waals surface area contributed by atoms with Gasteiger partial charge in [-0.2, -0.15) is 0 Å². The second kappa shape index (κ2) is 5.09. The van der Waals surface area contributed by atoms with E-state index in [4.69, 9.17) is 4.42 Å². The molecule has 19 heavy (non-hydrogen) atoms. The molecule has 0 bridgehead atoms. The molecule has 6 heteroatoms. The van der Waals surface area contributed by atoms with Crippen LogP contribution in [0.3, 0.4) is 0 Å². The van der Waals surface area contributed by atoms with Gasteiger partial charge in [-0.25, -0.2) is 4.98 Å². The number of nitro benzene ring substituents is 1. The highest BCUT2D eigenvalue weighted by Gasteiger charge is 2.11. The third kappa shape index (κ3) is 2.90. The smallest absolute Gasteiger partial charge is 0.274 e. The molecule has 0 saturated carbocycles. The molecular weight excluding hydrogens is 246 g/mol. The second-order valence-corrected chi connectivity index (χ2v) is 4.36. The third-order valence-electron chi connectivity index (χ3n) is 2.92. The second-order valence-electron chi connectivity index (χ2n) is 4.36. The van der Waals surface area contributed by atoms with E-state index >= 15 is 0 Å². The highest BCUT2D eigenvalue weighted by atomic mass is 16.6. The molecule has 0 unspecified atom stereocenters. The van der Waals surface area contributed by atoms with E-state index in [1.807, 2.05) is 13.8 Å². The van der Waals surface area contributed by atoms with Crippen LogP contribution in [0.25, 0.3) is 0 Å². The van der Waals surface area contributed by atoms with Crippen molar-refractivity contribution in [1.29, 1.82) is 0 Å². The van der Waals surface area contributed by atoms with Gasteiger partial charge in [-0.15, -0.1) is 0 Å². The molecule has 0 aliphatic rings. The van der Waals surface area contributed by atoms with Gasteiger partial charge in [0.25, 0.3) is 5.69 Å². The average molecular weight is 261 g/mol. The molecule has 0 aliphatic carbocycles. The fraction of sp³-hybridized carbons (Fsp3) is 0.308. The summed E-state index contributed by atoms with van der Waals surface area (Å²) >= 11 is 0. The topological polar surface area (TPSA) is 81.2 Å². The van der Waals surface area contributed by atoms with E-state index in [9.17, 15) is 10.1 Å². The van der Waals surface area contributed by atoms with Crippen LogP contribution in [0.2, 0.25) is 0 Å². The van der Waals surface area contributed by atoms with E-state index in [1.165, 1.54) is 6.07 Å². The van der Waals surface area contributed by atoms with Crippen molar-refractivity contribution in [2.24, 2.45) is 0 Å². The van der Waals surface area contributed by atoms with Gasteiger partial charge in [-0.05, 0) is 26.8 Å². The Morgan fingerprint density at radius 3 is 2.68 bits per heavy atom. The van der Waals surface area contributed by atoms with E-state index in [1.54, 1.807) is 19.1 Å². The summed E-state index contributed by atoms with van der Waals surface area (Å²) in [7, 11) is 0. The van der Waals surface area contributed by atoms with Crippen LogP contribution in [-0.2, 0) is 6.54 Å². The lowest BCUT2D eigenvalue weighted by molar-refractivity contribution is -0.385. The number of oxazole rings is 1. The van der Waals surface area contributed by atoms with Gasteiger partial charge in [-0.3, -0.25) is 10.1 Å². The third-order valence-corrected chi connectivity index (χ3v) is 2.92. The lowest BCUT2D eigenvalue weighted by Crippen LogP contribution is -2.01. The van der Waals surface area contributed by atoms with Crippen molar-refractivity contribution >= 4 is 11.4 Å². The predicted octanol–water partition coefficient (Wildman–Crippen LogP) is 3.12. The Labute approximate surface area is 110 Å². The van der Waals surface area contributed by atoms with Gasteiger partial charge in [0.05, 0.1) is 17.2 Å². The molecule has 0 fully saturated rings. The molecule has 1 aromatic carbocycles. The number of aryl methyl sites for hydroxylation is 3. The highest BCUT2D eigenvalue weighted by Crippen LogP contribution is 2.22. The summed E-state index contributed by atoms with van der Waals surface area (Å²) < 4.78 is 5.43. The van der Waals surface area contributed by atoms with Gasteiger partial charge in [0, 0.05) is 17.3 Å². The van der Waals surface area contributed by atoms with Gasteiger partial charge in [0.1, 0.15) is 5.76 Å². The number of anilines is 1. The van der Waals surface area contributed by atoms with E-state index in [2.05, 4.69) is 10.3 Å². The minimum atomic E-state index is -0.389. The lowest BCUT2D eigenvalue weighted by atomic mass is 10.2. The first-order chi connectivity index (χ1) is 8.97. The number of benzene rings is 1. The summed E-state index contributed by atoms with van der Waals surface area (Å²) in [6, 6.07) is 5.02. The molecule has 0 atom stereocenters. The van der Waals surface area contributed by atoms with Crippen molar-refractivity contribution < 1.29 is 9.34 Å². The summed E-state index contributed by atoms with van der Waals surface area (Å²) in [6.07, 6.45) is 0. The maximum atomic E-state index is 10.8. The number of nitrogens with one attached hydrogen (secondary N) is 1. The average Bonchev–Trinajstić information content (AvgIpc) is 2.67. The molecule has 2 aromatic rings. The molecule has 6 nitrogen and oxygen atoms in total. The standard InChI is InChI=1S/C13H15N3O3/c1-8-4-5-11(6-12(8)16(17)18)14-7-13-15-9(2)10(3)19-13/h4-6,14H,7H2,1-3H3. The lowest BCUT2D eigenvalue weighted by Gasteiger charge is -2.04. The van der Waals surface area contributed by atoms with Crippen molar-refractivity contribution in [3.8, 4) is 0 Å². The fourth-order valence-corrected chi connectivity index (χ4v) is 1.71. The number of hydrogen-bond acceptors (Lipinski definition) is 5. The normalized spacial score (nSPS) is 10.5. The molecule has 0 spiro atoms. The summed E-state index contributed by atoms with van der Waals surface area (Å²) in [5, 5.41) is 13.9. The van der Waals surface area contributed by atoms with Gasteiger partial charge < -0.3 is 9.73 Å². The summed E-state index contributed by atoms with van der Waals surface area (Å²) in [5.41, 5.74) is 2.26. The molecule has 1 N–H and O–H groups in total. The largest absolute Gasteiger partial charge is 0.444 e. The first-order valence-electron chi connectivity index (χ1n) is 5.89. The fourth-order valence-electron chi connectivity index (χ4n) is 1.71. The molecule has 1 heterocycles. The Morgan fingerprint density at radius 1 is 1.37 bits per heavy atom. The van der Waals surface area contributed by atoms with E-state index in [0.29, 0.717) is 23.7 Å². The minimum Gasteiger partial charge on any atom is -0.444 e. The zero-order valence-corrected chi connectivity index (χ0v) is 11.1. The molecule has 0 saturated heterocycles. The molecule has 1 aromatic heterocycles.